The number of benzene rings is 1. The molecule has 0 amide bonds. The van der Waals surface area contributed by atoms with Gasteiger partial charge in [0.2, 0.25) is 16.0 Å². The van der Waals surface area contributed by atoms with E-state index in [-0.39, 0.29) is 4.90 Å². The molecular formula is C16H20N4O3S. The van der Waals surface area contributed by atoms with E-state index in [1.165, 1.54) is 18.0 Å². The van der Waals surface area contributed by atoms with Gasteiger partial charge in [-0.05, 0) is 30.5 Å². The number of anilines is 1. The molecule has 0 saturated carbocycles. The maximum Gasteiger partial charge on any atom is 0.241 e. The number of nitrogens with two attached hydrogens (primary N) is 1. The molecule has 3 rings (SSSR count). The van der Waals surface area contributed by atoms with Crippen molar-refractivity contribution >= 4 is 16.0 Å². The molecule has 1 unspecified atom stereocenters. The maximum absolute atomic E-state index is 11.3. The third kappa shape index (κ3) is 3.65. The van der Waals surface area contributed by atoms with Crippen LogP contribution < -0.4 is 14.8 Å². The lowest BCUT2D eigenvalue weighted by molar-refractivity contribution is 0.414. The first-order valence-corrected chi connectivity index (χ1v) is 9.26. The second kappa shape index (κ2) is 6.74. The molecule has 0 radical (unpaired) electrons. The summed E-state index contributed by atoms with van der Waals surface area (Å²) in [6.07, 6.45) is 4.64. The van der Waals surface area contributed by atoms with E-state index < -0.39 is 10.0 Å². The van der Waals surface area contributed by atoms with Crippen LogP contribution in [0.25, 0.3) is 0 Å². The highest BCUT2D eigenvalue weighted by molar-refractivity contribution is 7.89. The van der Waals surface area contributed by atoms with Gasteiger partial charge in [0.15, 0.2) is 0 Å². The molecule has 1 aliphatic heterocycles. The Morgan fingerprint density at radius 2 is 1.88 bits per heavy atom. The van der Waals surface area contributed by atoms with Crippen LogP contribution in [0, 0.1) is 0 Å². The number of piperidine rings is 1. The molecule has 1 saturated heterocycles. The van der Waals surface area contributed by atoms with Gasteiger partial charge in [-0.3, -0.25) is 0 Å². The van der Waals surface area contributed by atoms with Gasteiger partial charge in [-0.25, -0.2) is 23.5 Å². The molecule has 1 atom stereocenters. The largest absolute Gasteiger partial charge is 0.497 e. The molecule has 1 aliphatic rings. The third-order valence-electron chi connectivity index (χ3n) is 4.23. The highest BCUT2D eigenvalue weighted by atomic mass is 32.2. The summed E-state index contributed by atoms with van der Waals surface area (Å²) in [5.74, 6) is 1.75. The lowest BCUT2D eigenvalue weighted by Gasteiger charge is -2.33. The molecule has 2 N–H and O–H groups in total. The van der Waals surface area contributed by atoms with E-state index in [2.05, 4.69) is 27.0 Å². The Morgan fingerprint density at radius 1 is 1.21 bits per heavy atom. The van der Waals surface area contributed by atoms with Gasteiger partial charge in [0.25, 0.3) is 0 Å². The van der Waals surface area contributed by atoms with E-state index in [0.717, 1.165) is 31.7 Å². The Balaban J connectivity index is 1.75. The fourth-order valence-corrected chi connectivity index (χ4v) is 3.33. The minimum Gasteiger partial charge on any atom is -0.497 e. The number of primary sulfonamides is 1. The van der Waals surface area contributed by atoms with Gasteiger partial charge in [-0.2, -0.15) is 0 Å². The van der Waals surface area contributed by atoms with E-state index in [1.807, 2.05) is 12.1 Å². The van der Waals surface area contributed by atoms with Gasteiger partial charge < -0.3 is 9.64 Å². The van der Waals surface area contributed by atoms with E-state index >= 15 is 0 Å². The van der Waals surface area contributed by atoms with Crippen LogP contribution >= 0.6 is 0 Å². The zero-order valence-corrected chi connectivity index (χ0v) is 14.2. The first-order valence-electron chi connectivity index (χ1n) is 7.71. The normalized spacial score (nSPS) is 18.4. The molecule has 1 aromatic heterocycles. The Hall–Kier alpha value is -2.19. The number of methoxy groups -OCH3 is 1. The van der Waals surface area contributed by atoms with Crippen LogP contribution in [0.3, 0.4) is 0 Å². The Kier molecular flexibility index (Phi) is 4.68. The quantitative estimate of drug-likeness (QED) is 0.899. The number of hydrogen-bond donors (Lipinski definition) is 1. The number of aromatic nitrogens is 2. The number of rotatable bonds is 4. The number of hydrogen-bond acceptors (Lipinski definition) is 6. The zero-order valence-electron chi connectivity index (χ0n) is 13.4. The fraction of sp³-hybridized carbons (Fsp3) is 0.375. The first-order chi connectivity index (χ1) is 11.5. The predicted octanol–water partition coefficient (Wildman–Crippen LogP) is 1.52. The van der Waals surface area contributed by atoms with Crippen LogP contribution in [0.4, 0.5) is 5.95 Å². The molecule has 7 nitrogen and oxygen atoms in total. The zero-order chi connectivity index (χ0) is 17.2. The monoisotopic (exact) mass is 348 g/mol. The summed E-state index contributed by atoms with van der Waals surface area (Å²) in [4.78, 5) is 10.3. The van der Waals surface area contributed by atoms with E-state index in [1.54, 1.807) is 7.11 Å². The van der Waals surface area contributed by atoms with E-state index in [0.29, 0.717) is 11.9 Å². The van der Waals surface area contributed by atoms with Crippen LogP contribution in [0.1, 0.15) is 24.3 Å². The van der Waals surface area contributed by atoms with Gasteiger partial charge in [-0.1, -0.05) is 12.1 Å². The molecule has 2 heterocycles. The second-order valence-electron chi connectivity index (χ2n) is 5.82. The second-order valence-corrected chi connectivity index (χ2v) is 7.38. The van der Waals surface area contributed by atoms with Crippen molar-refractivity contribution in [3.8, 4) is 5.75 Å². The van der Waals surface area contributed by atoms with Crippen LogP contribution in [0.15, 0.2) is 41.6 Å². The van der Waals surface area contributed by atoms with Gasteiger partial charge >= 0.3 is 0 Å². The summed E-state index contributed by atoms with van der Waals surface area (Å²) in [7, 11) is -2.11. The van der Waals surface area contributed by atoms with E-state index in [4.69, 9.17) is 9.88 Å². The summed E-state index contributed by atoms with van der Waals surface area (Å²) >= 11 is 0. The molecule has 8 heteroatoms. The average molecular weight is 348 g/mol. The molecule has 0 bridgehead atoms. The van der Waals surface area contributed by atoms with Gasteiger partial charge in [0, 0.05) is 19.0 Å². The van der Waals surface area contributed by atoms with Gasteiger partial charge in [-0.15, -0.1) is 0 Å². The third-order valence-corrected chi connectivity index (χ3v) is 5.10. The average Bonchev–Trinajstić information content (AvgIpc) is 2.61. The van der Waals surface area contributed by atoms with Crippen LogP contribution in [0.5, 0.6) is 5.75 Å². The summed E-state index contributed by atoms with van der Waals surface area (Å²) in [6, 6.07) is 8.09. The van der Waals surface area contributed by atoms with Crippen molar-refractivity contribution in [2.45, 2.75) is 23.7 Å². The van der Waals surface area contributed by atoms with Crippen molar-refractivity contribution < 1.29 is 13.2 Å². The number of nitrogens with zero attached hydrogens (tertiary/aromatic N) is 3. The predicted molar refractivity (Wildman–Crippen MR) is 90.6 cm³/mol. The Morgan fingerprint density at radius 3 is 2.46 bits per heavy atom. The van der Waals surface area contributed by atoms with Crippen LogP contribution in [0.2, 0.25) is 0 Å². The molecule has 1 aromatic carbocycles. The lowest BCUT2D eigenvalue weighted by atomic mass is 9.91. The molecule has 128 valence electrons. The minimum atomic E-state index is -3.77. The molecule has 1 fully saturated rings. The summed E-state index contributed by atoms with van der Waals surface area (Å²) in [5.41, 5.74) is 1.25. The maximum atomic E-state index is 11.3. The summed E-state index contributed by atoms with van der Waals surface area (Å²) in [6.45, 7) is 1.64. The first kappa shape index (κ1) is 16.7. The molecular weight excluding hydrogens is 328 g/mol. The summed E-state index contributed by atoms with van der Waals surface area (Å²) < 4.78 is 27.8. The van der Waals surface area contributed by atoms with Crippen molar-refractivity contribution in [2.75, 3.05) is 25.1 Å². The van der Waals surface area contributed by atoms with Crippen molar-refractivity contribution in [1.82, 2.24) is 9.97 Å². The van der Waals surface area contributed by atoms with Crippen molar-refractivity contribution in [2.24, 2.45) is 5.14 Å². The van der Waals surface area contributed by atoms with Crippen LogP contribution in [-0.4, -0.2) is 38.6 Å². The Bertz CT molecular complexity index is 791. The van der Waals surface area contributed by atoms with Crippen molar-refractivity contribution in [1.29, 1.82) is 0 Å². The number of ether oxygens (including phenoxy) is 1. The molecule has 2 aromatic rings. The van der Waals surface area contributed by atoms with Gasteiger partial charge in [0.05, 0.1) is 19.5 Å². The topological polar surface area (TPSA) is 98.4 Å². The minimum absolute atomic E-state index is 0.0741. The van der Waals surface area contributed by atoms with Gasteiger partial charge in [0.1, 0.15) is 10.6 Å². The van der Waals surface area contributed by atoms with Crippen molar-refractivity contribution in [3.63, 3.8) is 0 Å². The molecule has 0 aliphatic carbocycles. The molecule has 0 spiro atoms. The number of sulfonamides is 1. The van der Waals surface area contributed by atoms with E-state index in [9.17, 15) is 8.42 Å². The highest BCUT2D eigenvalue weighted by Crippen LogP contribution is 2.29. The highest BCUT2D eigenvalue weighted by Gasteiger charge is 2.23. The SMILES string of the molecule is COc1ccc(C2CCCN(c3ncc(S(N)(=O)=O)cn3)C2)cc1. The molecule has 24 heavy (non-hydrogen) atoms. The smallest absolute Gasteiger partial charge is 0.241 e. The van der Waals surface area contributed by atoms with Crippen molar-refractivity contribution in [3.05, 3.63) is 42.2 Å². The lowest BCUT2D eigenvalue weighted by Crippen LogP contribution is -2.35. The van der Waals surface area contributed by atoms with Crippen LogP contribution in [-0.2, 0) is 10.0 Å². The summed E-state index contributed by atoms with van der Waals surface area (Å²) in [5, 5.41) is 5.08. The fourth-order valence-electron chi connectivity index (χ4n) is 2.93. The Labute approximate surface area is 141 Å². The standard InChI is InChI=1S/C16H20N4O3S/c1-23-14-6-4-12(5-7-14)13-3-2-8-20(11-13)16-18-9-15(10-19-16)24(17,21)22/h4-7,9-10,13H,2-3,8,11H2,1H3,(H2,17,21,22).